The second-order valence-corrected chi connectivity index (χ2v) is 3.02. The molecular formula is C9H15NO3. The van der Waals surface area contributed by atoms with Gasteiger partial charge in [-0.2, -0.15) is 0 Å². The van der Waals surface area contributed by atoms with E-state index in [1.165, 1.54) is 13.2 Å². The van der Waals surface area contributed by atoms with Crippen LogP contribution in [0.2, 0.25) is 0 Å². The highest BCUT2D eigenvalue weighted by Crippen LogP contribution is 2.10. The molecular weight excluding hydrogens is 170 g/mol. The standard InChI is InChI=1S/C9H15NO3/c1-10(5-3-9(11)12-2)8-4-6-13-7-8/h3,5,8H,4,6-7H2,1-2H3/b5-3+. The molecule has 13 heavy (non-hydrogen) atoms. The Bertz CT molecular complexity index is 197. The molecule has 0 spiro atoms. The molecule has 0 aliphatic carbocycles. The molecule has 4 heteroatoms. The lowest BCUT2D eigenvalue weighted by molar-refractivity contribution is -0.134. The number of esters is 1. The highest BCUT2D eigenvalue weighted by molar-refractivity contribution is 5.81. The van der Waals surface area contributed by atoms with Crippen LogP contribution in [0.4, 0.5) is 0 Å². The van der Waals surface area contributed by atoms with Gasteiger partial charge >= 0.3 is 5.97 Å². The molecule has 0 aromatic heterocycles. The topological polar surface area (TPSA) is 38.8 Å². The van der Waals surface area contributed by atoms with E-state index in [0.29, 0.717) is 6.04 Å². The second-order valence-electron chi connectivity index (χ2n) is 3.02. The summed E-state index contributed by atoms with van der Waals surface area (Å²) in [6.45, 7) is 1.54. The molecule has 0 N–H and O–H groups in total. The molecule has 1 aliphatic heterocycles. The Kier molecular flexibility index (Phi) is 3.76. The average molecular weight is 185 g/mol. The van der Waals surface area contributed by atoms with Crippen molar-refractivity contribution in [1.29, 1.82) is 0 Å². The largest absolute Gasteiger partial charge is 0.466 e. The minimum Gasteiger partial charge on any atom is -0.466 e. The Hall–Kier alpha value is -1.03. The van der Waals surface area contributed by atoms with Crippen molar-refractivity contribution in [2.24, 2.45) is 0 Å². The SMILES string of the molecule is COC(=O)/C=C/N(C)C1CCOC1. The van der Waals surface area contributed by atoms with E-state index < -0.39 is 0 Å². The van der Waals surface area contributed by atoms with E-state index in [-0.39, 0.29) is 5.97 Å². The van der Waals surface area contributed by atoms with Crippen LogP contribution in [-0.4, -0.2) is 44.3 Å². The molecule has 4 nitrogen and oxygen atoms in total. The minimum atomic E-state index is -0.328. The van der Waals surface area contributed by atoms with Crippen LogP contribution in [0.15, 0.2) is 12.3 Å². The van der Waals surface area contributed by atoms with Crippen LogP contribution in [0.25, 0.3) is 0 Å². The predicted octanol–water partition coefficient (Wildman–Crippen LogP) is 0.394. The van der Waals surface area contributed by atoms with Crippen LogP contribution < -0.4 is 0 Å². The molecule has 0 aromatic carbocycles. The maximum Gasteiger partial charge on any atom is 0.331 e. The van der Waals surface area contributed by atoms with E-state index in [0.717, 1.165) is 19.6 Å². The Morgan fingerprint density at radius 2 is 2.46 bits per heavy atom. The molecule has 0 saturated carbocycles. The molecule has 1 fully saturated rings. The molecule has 0 bridgehead atoms. The van der Waals surface area contributed by atoms with Crippen LogP contribution >= 0.6 is 0 Å². The summed E-state index contributed by atoms with van der Waals surface area (Å²) >= 11 is 0. The van der Waals surface area contributed by atoms with Gasteiger partial charge in [0.05, 0.1) is 19.8 Å². The van der Waals surface area contributed by atoms with E-state index in [4.69, 9.17) is 4.74 Å². The van der Waals surface area contributed by atoms with E-state index in [1.807, 2.05) is 11.9 Å². The van der Waals surface area contributed by atoms with Crippen molar-refractivity contribution < 1.29 is 14.3 Å². The van der Waals surface area contributed by atoms with Crippen LogP contribution in [0.5, 0.6) is 0 Å². The maximum atomic E-state index is 10.8. The number of carbonyl (C=O) groups is 1. The van der Waals surface area contributed by atoms with Gasteiger partial charge in [-0.15, -0.1) is 0 Å². The summed E-state index contributed by atoms with van der Waals surface area (Å²) in [5.74, 6) is -0.328. The molecule has 1 unspecified atom stereocenters. The first-order valence-corrected chi connectivity index (χ1v) is 4.30. The van der Waals surface area contributed by atoms with E-state index in [9.17, 15) is 4.79 Å². The van der Waals surface area contributed by atoms with Gasteiger partial charge in [0.25, 0.3) is 0 Å². The molecule has 0 aromatic rings. The van der Waals surface area contributed by atoms with E-state index in [1.54, 1.807) is 6.20 Å². The van der Waals surface area contributed by atoms with Gasteiger partial charge in [0.1, 0.15) is 0 Å². The number of methoxy groups -OCH3 is 1. The fourth-order valence-corrected chi connectivity index (χ4v) is 1.21. The molecule has 74 valence electrons. The number of hydrogen-bond acceptors (Lipinski definition) is 4. The van der Waals surface area contributed by atoms with Crippen molar-refractivity contribution >= 4 is 5.97 Å². The quantitative estimate of drug-likeness (QED) is 0.471. The van der Waals surface area contributed by atoms with Gasteiger partial charge in [0, 0.05) is 25.9 Å². The number of hydrogen-bond donors (Lipinski definition) is 0. The van der Waals surface area contributed by atoms with Crippen molar-refractivity contribution in [3.8, 4) is 0 Å². The first-order valence-electron chi connectivity index (χ1n) is 4.30. The van der Waals surface area contributed by atoms with Gasteiger partial charge in [0.15, 0.2) is 0 Å². The summed E-state index contributed by atoms with van der Waals surface area (Å²) in [6.07, 6.45) is 4.16. The average Bonchev–Trinajstić information content (AvgIpc) is 2.66. The highest BCUT2D eigenvalue weighted by Gasteiger charge is 2.17. The molecule has 1 saturated heterocycles. The van der Waals surface area contributed by atoms with Crippen molar-refractivity contribution in [2.75, 3.05) is 27.4 Å². The Morgan fingerprint density at radius 3 is 3.00 bits per heavy atom. The van der Waals surface area contributed by atoms with Gasteiger partial charge in [-0.3, -0.25) is 0 Å². The van der Waals surface area contributed by atoms with Crippen LogP contribution in [-0.2, 0) is 14.3 Å². The number of ether oxygens (including phenoxy) is 2. The number of carbonyl (C=O) groups excluding carboxylic acids is 1. The summed E-state index contributed by atoms with van der Waals surface area (Å²) in [5, 5.41) is 0. The maximum absolute atomic E-state index is 10.8. The number of likely N-dealkylation sites (N-methyl/N-ethyl adjacent to an activating group) is 1. The molecule has 0 amide bonds. The van der Waals surface area contributed by atoms with Gasteiger partial charge in [-0.25, -0.2) is 4.79 Å². The lowest BCUT2D eigenvalue weighted by atomic mass is 10.2. The molecule has 0 radical (unpaired) electrons. The zero-order chi connectivity index (χ0) is 9.68. The zero-order valence-electron chi connectivity index (χ0n) is 8.03. The van der Waals surface area contributed by atoms with Gasteiger partial charge in [-0.1, -0.05) is 0 Å². The van der Waals surface area contributed by atoms with Gasteiger partial charge in [-0.05, 0) is 6.42 Å². The third-order valence-corrected chi connectivity index (χ3v) is 2.13. The first kappa shape index (κ1) is 10.1. The van der Waals surface area contributed by atoms with Crippen LogP contribution in [0, 0.1) is 0 Å². The van der Waals surface area contributed by atoms with Crippen molar-refractivity contribution in [2.45, 2.75) is 12.5 Å². The van der Waals surface area contributed by atoms with Gasteiger partial charge < -0.3 is 14.4 Å². The van der Waals surface area contributed by atoms with E-state index in [2.05, 4.69) is 4.74 Å². The van der Waals surface area contributed by atoms with Crippen LogP contribution in [0.3, 0.4) is 0 Å². The molecule has 1 rings (SSSR count). The Labute approximate surface area is 78.1 Å². The summed E-state index contributed by atoms with van der Waals surface area (Å²) in [5.41, 5.74) is 0. The predicted molar refractivity (Wildman–Crippen MR) is 48.1 cm³/mol. The zero-order valence-corrected chi connectivity index (χ0v) is 8.03. The highest BCUT2D eigenvalue weighted by atomic mass is 16.5. The number of rotatable bonds is 3. The van der Waals surface area contributed by atoms with E-state index >= 15 is 0 Å². The lowest BCUT2D eigenvalue weighted by Gasteiger charge is -2.20. The summed E-state index contributed by atoms with van der Waals surface area (Å²) in [6, 6.07) is 0.390. The summed E-state index contributed by atoms with van der Waals surface area (Å²) < 4.78 is 9.70. The third kappa shape index (κ3) is 3.06. The van der Waals surface area contributed by atoms with Gasteiger partial charge in [0.2, 0.25) is 0 Å². The van der Waals surface area contributed by atoms with Crippen molar-refractivity contribution in [1.82, 2.24) is 4.90 Å². The molecule has 1 aliphatic rings. The monoisotopic (exact) mass is 185 g/mol. The summed E-state index contributed by atoms with van der Waals surface area (Å²) in [4.78, 5) is 12.7. The smallest absolute Gasteiger partial charge is 0.331 e. The molecule has 1 heterocycles. The lowest BCUT2D eigenvalue weighted by Crippen LogP contribution is -2.27. The summed E-state index contributed by atoms with van der Waals surface area (Å²) in [7, 11) is 3.30. The Morgan fingerprint density at radius 1 is 1.69 bits per heavy atom. The minimum absolute atomic E-state index is 0.328. The third-order valence-electron chi connectivity index (χ3n) is 2.13. The van der Waals surface area contributed by atoms with Crippen molar-refractivity contribution in [3.63, 3.8) is 0 Å². The Balaban J connectivity index is 2.34. The second kappa shape index (κ2) is 4.87. The fraction of sp³-hybridized carbons (Fsp3) is 0.667. The van der Waals surface area contributed by atoms with Crippen LogP contribution in [0.1, 0.15) is 6.42 Å². The fourth-order valence-electron chi connectivity index (χ4n) is 1.21. The number of nitrogens with zero attached hydrogens (tertiary/aromatic N) is 1. The van der Waals surface area contributed by atoms with Crippen molar-refractivity contribution in [3.05, 3.63) is 12.3 Å². The molecule has 1 atom stereocenters. The normalized spacial score (nSPS) is 22.2. The first-order chi connectivity index (χ1) is 6.24.